The van der Waals surface area contributed by atoms with E-state index in [-0.39, 0.29) is 11.7 Å². The van der Waals surface area contributed by atoms with Crippen LogP contribution in [0.3, 0.4) is 0 Å². The summed E-state index contributed by atoms with van der Waals surface area (Å²) >= 11 is 1.25. The SMILES string of the molecule is CCNC(=O)NC(=O)CSc1nnc(COc2ccccc2)n1CCC(C)C. The Morgan fingerprint density at radius 2 is 1.96 bits per heavy atom. The van der Waals surface area contributed by atoms with E-state index >= 15 is 0 Å². The van der Waals surface area contributed by atoms with Crippen LogP contribution in [0, 0.1) is 5.92 Å². The van der Waals surface area contributed by atoms with Gasteiger partial charge in [-0.05, 0) is 31.4 Å². The minimum absolute atomic E-state index is 0.0798. The van der Waals surface area contributed by atoms with E-state index in [1.807, 2.05) is 34.9 Å². The third kappa shape index (κ3) is 7.22. The number of carbonyl (C=O) groups excluding carboxylic acids is 2. The molecule has 0 unspecified atom stereocenters. The summed E-state index contributed by atoms with van der Waals surface area (Å²) in [7, 11) is 0. The van der Waals surface area contributed by atoms with E-state index in [9.17, 15) is 9.59 Å². The molecular weight excluding hydrogens is 378 g/mol. The van der Waals surface area contributed by atoms with E-state index in [4.69, 9.17) is 4.74 Å². The number of aromatic nitrogens is 3. The zero-order chi connectivity index (χ0) is 20.4. The number of nitrogens with zero attached hydrogens (tertiary/aromatic N) is 3. The van der Waals surface area contributed by atoms with E-state index in [2.05, 4.69) is 34.7 Å². The zero-order valence-electron chi connectivity index (χ0n) is 16.5. The van der Waals surface area contributed by atoms with Gasteiger partial charge in [0.1, 0.15) is 12.4 Å². The molecule has 0 saturated carbocycles. The minimum atomic E-state index is -0.494. The quantitative estimate of drug-likeness (QED) is 0.590. The molecule has 0 radical (unpaired) electrons. The molecule has 9 heteroatoms. The highest BCUT2D eigenvalue weighted by Gasteiger charge is 2.16. The highest BCUT2D eigenvalue weighted by atomic mass is 32.2. The van der Waals surface area contributed by atoms with Crippen molar-refractivity contribution >= 4 is 23.7 Å². The van der Waals surface area contributed by atoms with Crippen LogP contribution in [-0.2, 0) is 17.9 Å². The Labute approximate surface area is 169 Å². The summed E-state index contributed by atoms with van der Waals surface area (Å²) < 4.78 is 7.77. The highest BCUT2D eigenvalue weighted by molar-refractivity contribution is 7.99. The molecule has 152 valence electrons. The van der Waals surface area contributed by atoms with Crippen LogP contribution >= 0.6 is 11.8 Å². The molecule has 0 fully saturated rings. The Hall–Kier alpha value is -2.55. The van der Waals surface area contributed by atoms with Gasteiger partial charge in [-0.15, -0.1) is 10.2 Å². The van der Waals surface area contributed by atoms with Crippen LogP contribution in [0.1, 0.15) is 33.0 Å². The van der Waals surface area contributed by atoms with Crippen LogP contribution in [0.25, 0.3) is 0 Å². The van der Waals surface area contributed by atoms with Crippen molar-refractivity contribution in [3.05, 3.63) is 36.2 Å². The molecule has 3 amide bonds. The third-order valence-corrected chi connectivity index (χ3v) is 4.72. The van der Waals surface area contributed by atoms with E-state index < -0.39 is 6.03 Å². The van der Waals surface area contributed by atoms with Crippen molar-refractivity contribution < 1.29 is 14.3 Å². The molecule has 8 nitrogen and oxygen atoms in total. The second-order valence-electron chi connectivity index (χ2n) is 6.53. The van der Waals surface area contributed by atoms with E-state index in [0.717, 1.165) is 18.7 Å². The lowest BCUT2D eigenvalue weighted by Crippen LogP contribution is -2.40. The fourth-order valence-corrected chi connectivity index (χ4v) is 3.09. The molecular formula is C19H27N5O3S. The second-order valence-corrected chi connectivity index (χ2v) is 7.47. The monoisotopic (exact) mass is 405 g/mol. The first-order chi connectivity index (χ1) is 13.5. The number of imide groups is 1. The molecule has 0 aliphatic carbocycles. The van der Waals surface area contributed by atoms with Crippen LogP contribution in [0.15, 0.2) is 35.5 Å². The Balaban J connectivity index is 2.00. The van der Waals surface area contributed by atoms with Gasteiger partial charge in [-0.25, -0.2) is 4.79 Å². The van der Waals surface area contributed by atoms with Crippen molar-refractivity contribution in [2.45, 2.75) is 45.5 Å². The minimum Gasteiger partial charge on any atom is -0.486 e. The molecule has 28 heavy (non-hydrogen) atoms. The summed E-state index contributed by atoms with van der Waals surface area (Å²) in [6.07, 6.45) is 0.953. The van der Waals surface area contributed by atoms with Crippen molar-refractivity contribution in [1.82, 2.24) is 25.4 Å². The van der Waals surface area contributed by atoms with Gasteiger partial charge in [0.2, 0.25) is 5.91 Å². The third-order valence-electron chi connectivity index (χ3n) is 3.76. The molecule has 0 saturated heterocycles. The average molecular weight is 406 g/mol. The van der Waals surface area contributed by atoms with Crippen molar-refractivity contribution in [1.29, 1.82) is 0 Å². The predicted molar refractivity (Wildman–Crippen MR) is 108 cm³/mol. The van der Waals surface area contributed by atoms with E-state index in [0.29, 0.717) is 30.1 Å². The van der Waals surface area contributed by atoms with Crippen LogP contribution < -0.4 is 15.4 Å². The molecule has 2 rings (SSSR count). The molecule has 2 N–H and O–H groups in total. The molecule has 0 aliphatic heterocycles. The zero-order valence-corrected chi connectivity index (χ0v) is 17.3. The van der Waals surface area contributed by atoms with Gasteiger partial charge in [0.15, 0.2) is 11.0 Å². The summed E-state index contributed by atoms with van der Waals surface area (Å²) in [5.41, 5.74) is 0. The normalized spacial score (nSPS) is 10.7. The number of hydrogen-bond acceptors (Lipinski definition) is 6. The fourth-order valence-electron chi connectivity index (χ4n) is 2.31. The maximum atomic E-state index is 11.9. The Bertz CT molecular complexity index is 764. The van der Waals surface area contributed by atoms with Gasteiger partial charge in [0.25, 0.3) is 0 Å². The molecule has 2 aromatic rings. The van der Waals surface area contributed by atoms with Gasteiger partial charge in [-0.3, -0.25) is 10.1 Å². The van der Waals surface area contributed by atoms with E-state index in [1.54, 1.807) is 6.92 Å². The van der Waals surface area contributed by atoms with Crippen LogP contribution in [0.2, 0.25) is 0 Å². The van der Waals surface area contributed by atoms with Crippen LogP contribution in [0.5, 0.6) is 5.75 Å². The summed E-state index contributed by atoms with van der Waals surface area (Å²) in [6, 6.07) is 9.03. The first-order valence-electron chi connectivity index (χ1n) is 9.30. The number of benzene rings is 1. The molecule has 0 bridgehead atoms. The average Bonchev–Trinajstić information content (AvgIpc) is 3.05. The molecule has 1 heterocycles. The Morgan fingerprint density at radius 3 is 2.64 bits per heavy atom. The maximum absolute atomic E-state index is 11.9. The number of urea groups is 1. The fraction of sp³-hybridized carbons (Fsp3) is 0.474. The Kier molecular flexibility index (Phi) is 8.80. The number of rotatable bonds is 10. The number of hydrogen-bond donors (Lipinski definition) is 2. The first kappa shape index (κ1) is 21.7. The van der Waals surface area contributed by atoms with Gasteiger partial charge in [-0.2, -0.15) is 0 Å². The number of thioether (sulfide) groups is 1. The summed E-state index contributed by atoms with van der Waals surface area (Å²) in [5.74, 6) is 1.68. The number of ether oxygens (including phenoxy) is 1. The first-order valence-corrected chi connectivity index (χ1v) is 10.3. The lowest BCUT2D eigenvalue weighted by Gasteiger charge is -2.12. The van der Waals surface area contributed by atoms with Crippen molar-refractivity contribution in [2.75, 3.05) is 12.3 Å². The smallest absolute Gasteiger partial charge is 0.321 e. The van der Waals surface area contributed by atoms with Crippen LogP contribution in [0.4, 0.5) is 4.79 Å². The molecule has 1 aromatic carbocycles. The van der Waals surface area contributed by atoms with Gasteiger partial charge < -0.3 is 14.6 Å². The van der Waals surface area contributed by atoms with E-state index in [1.165, 1.54) is 11.8 Å². The molecule has 0 spiro atoms. The number of para-hydroxylation sites is 1. The number of amides is 3. The summed E-state index contributed by atoms with van der Waals surface area (Å²) in [6.45, 7) is 7.57. The summed E-state index contributed by atoms with van der Waals surface area (Å²) in [5, 5.41) is 13.9. The number of nitrogens with one attached hydrogen (secondary N) is 2. The predicted octanol–water partition coefficient (Wildman–Crippen LogP) is 2.84. The lowest BCUT2D eigenvalue weighted by atomic mass is 10.1. The van der Waals surface area contributed by atoms with Crippen molar-refractivity contribution in [2.24, 2.45) is 5.92 Å². The van der Waals surface area contributed by atoms with Gasteiger partial charge >= 0.3 is 6.03 Å². The van der Waals surface area contributed by atoms with Crippen molar-refractivity contribution in [3.63, 3.8) is 0 Å². The Morgan fingerprint density at radius 1 is 1.21 bits per heavy atom. The van der Waals surface area contributed by atoms with Gasteiger partial charge in [-0.1, -0.05) is 43.8 Å². The summed E-state index contributed by atoms with van der Waals surface area (Å²) in [4.78, 5) is 23.4. The molecule has 1 aromatic heterocycles. The highest BCUT2D eigenvalue weighted by Crippen LogP contribution is 2.20. The molecule has 0 aliphatic rings. The largest absolute Gasteiger partial charge is 0.486 e. The maximum Gasteiger partial charge on any atom is 0.321 e. The lowest BCUT2D eigenvalue weighted by molar-refractivity contribution is -0.117. The standard InChI is InChI=1S/C19H27N5O3S/c1-4-20-18(26)21-17(25)13-28-19-23-22-16(24(19)11-10-14(2)3)12-27-15-8-6-5-7-9-15/h5-9,14H,4,10-13H2,1-3H3,(H2,20,21,25,26). The van der Waals surface area contributed by atoms with Gasteiger partial charge in [0, 0.05) is 13.1 Å². The van der Waals surface area contributed by atoms with Gasteiger partial charge in [0.05, 0.1) is 5.75 Å². The topological polar surface area (TPSA) is 98.1 Å². The second kappa shape index (κ2) is 11.3. The molecule has 0 atom stereocenters. The van der Waals surface area contributed by atoms with Crippen molar-refractivity contribution in [3.8, 4) is 5.75 Å². The van der Waals surface area contributed by atoms with Crippen LogP contribution in [-0.4, -0.2) is 39.0 Å². The number of carbonyl (C=O) groups is 2.